The van der Waals surface area contributed by atoms with E-state index in [1.807, 2.05) is 39.8 Å². The number of aryl methyl sites for hydroxylation is 1. The van der Waals surface area contributed by atoms with Crippen molar-refractivity contribution in [3.8, 4) is 5.88 Å². The van der Waals surface area contributed by atoms with E-state index in [9.17, 15) is 4.79 Å². The molecule has 1 aromatic heterocycles. The molecule has 126 valence electrons. The van der Waals surface area contributed by atoms with Crippen LogP contribution in [0.4, 0.5) is 0 Å². The highest BCUT2D eigenvalue weighted by Crippen LogP contribution is 2.18. The van der Waals surface area contributed by atoms with Crippen LogP contribution in [-0.2, 0) is 11.3 Å². The second-order valence-electron chi connectivity index (χ2n) is 4.60. The van der Waals surface area contributed by atoms with Gasteiger partial charge in [-0.25, -0.2) is 8.88 Å². The smallest absolute Gasteiger partial charge is 0.338 e. The van der Waals surface area contributed by atoms with Gasteiger partial charge in [0.2, 0.25) is 5.88 Å². The number of benzene rings is 1. The molecule has 0 amide bonds. The largest absolute Gasteiger partial charge is 0.472 e. The molecule has 0 bridgehead atoms. The fourth-order valence-electron chi connectivity index (χ4n) is 1.88. The Morgan fingerprint density at radius 2 is 2.04 bits per heavy atom. The summed E-state index contributed by atoms with van der Waals surface area (Å²) in [5.74, 6) is 0.139. The summed E-state index contributed by atoms with van der Waals surface area (Å²) < 4.78 is 12.2. The third-order valence-electron chi connectivity index (χ3n) is 2.98. The van der Waals surface area contributed by atoms with Crippen LogP contribution in [0, 0.1) is 6.92 Å². The topological polar surface area (TPSA) is 53.4 Å². The van der Waals surface area contributed by atoms with Gasteiger partial charge in [0, 0.05) is 17.8 Å². The molecule has 1 heterocycles. The van der Waals surface area contributed by atoms with Crippen molar-refractivity contribution in [2.75, 3.05) is 6.61 Å². The molecule has 5 nitrogen and oxygen atoms in total. The van der Waals surface area contributed by atoms with Gasteiger partial charge in [-0.05, 0) is 37.8 Å². The molecular weight excluding hydrogens is 312 g/mol. The molecule has 0 fully saturated rings. The quantitative estimate of drug-likeness (QED) is 0.638. The van der Waals surface area contributed by atoms with Crippen molar-refractivity contribution >= 4 is 18.8 Å². The molecule has 0 radical (unpaired) electrons. The van der Waals surface area contributed by atoms with Crippen LogP contribution in [0.3, 0.4) is 0 Å². The van der Waals surface area contributed by atoms with Gasteiger partial charge in [-0.2, -0.15) is 0 Å². The highest BCUT2D eigenvalue weighted by molar-refractivity contribution is 7.78. The Balaban J connectivity index is 0.00000127. The van der Waals surface area contributed by atoms with Crippen molar-refractivity contribution in [3.63, 3.8) is 0 Å². The molecule has 23 heavy (non-hydrogen) atoms. The first-order valence-corrected chi connectivity index (χ1v) is 8.15. The molecule has 0 unspecified atom stereocenters. The predicted molar refractivity (Wildman–Crippen MR) is 94.0 cm³/mol. The summed E-state index contributed by atoms with van der Waals surface area (Å²) in [6.45, 7) is 8.57. The van der Waals surface area contributed by atoms with E-state index in [4.69, 9.17) is 9.47 Å². The van der Waals surface area contributed by atoms with E-state index in [2.05, 4.69) is 17.9 Å². The molecular formula is C17H24N2O3S. The van der Waals surface area contributed by atoms with Gasteiger partial charge >= 0.3 is 5.97 Å². The number of carbonyl (C=O) groups excluding carboxylic acids is 1. The van der Waals surface area contributed by atoms with E-state index >= 15 is 0 Å². The maximum Gasteiger partial charge on any atom is 0.338 e. The molecule has 0 atom stereocenters. The van der Waals surface area contributed by atoms with Crippen molar-refractivity contribution in [1.29, 1.82) is 0 Å². The van der Waals surface area contributed by atoms with Gasteiger partial charge in [0.15, 0.2) is 0 Å². The maximum atomic E-state index is 12.1. The lowest BCUT2D eigenvalue weighted by molar-refractivity contribution is 0.0502. The number of rotatable bonds is 6. The molecule has 6 heteroatoms. The number of nitrogens with zero attached hydrogens (tertiary/aromatic N) is 2. The molecule has 0 aliphatic rings. The Hall–Kier alpha value is -1.95. The molecule has 1 aromatic carbocycles. The van der Waals surface area contributed by atoms with E-state index in [1.165, 1.54) is 4.09 Å². The molecule has 0 saturated carbocycles. The van der Waals surface area contributed by atoms with Crippen LogP contribution in [0.25, 0.3) is 0 Å². The summed E-state index contributed by atoms with van der Waals surface area (Å²) in [4.78, 5) is 12.1. The lowest BCUT2D eigenvalue weighted by atomic mass is 10.0. The summed E-state index contributed by atoms with van der Waals surface area (Å²) >= 11 is 4.05. The highest BCUT2D eigenvalue weighted by Gasteiger charge is 2.15. The zero-order valence-electron chi connectivity index (χ0n) is 14.1. The SMILES string of the molecule is CC.CCCOC(=O)c1cccc(C)c1COc1ccn(S)n1. The third-order valence-corrected chi connectivity index (χ3v) is 3.21. The second kappa shape index (κ2) is 9.94. The first-order chi connectivity index (χ1) is 11.1. The van der Waals surface area contributed by atoms with Crippen molar-refractivity contribution < 1.29 is 14.3 Å². The van der Waals surface area contributed by atoms with Crippen molar-refractivity contribution in [2.24, 2.45) is 0 Å². The van der Waals surface area contributed by atoms with Crippen molar-refractivity contribution in [3.05, 3.63) is 47.2 Å². The van der Waals surface area contributed by atoms with Gasteiger partial charge in [-0.1, -0.05) is 32.9 Å². The number of aromatic nitrogens is 2. The van der Waals surface area contributed by atoms with E-state index in [0.29, 0.717) is 18.1 Å². The Labute approximate surface area is 143 Å². The first-order valence-electron chi connectivity index (χ1n) is 7.75. The van der Waals surface area contributed by atoms with Crippen LogP contribution in [0.1, 0.15) is 48.7 Å². The van der Waals surface area contributed by atoms with Crippen molar-refractivity contribution in [2.45, 2.75) is 40.7 Å². The summed E-state index contributed by atoms with van der Waals surface area (Å²) in [6, 6.07) is 7.23. The Morgan fingerprint density at radius 3 is 2.65 bits per heavy atom. The molecule has 0 spiro atoms. The fourth-order valence-corrected chi connectivity index (χ4v) is 2.03. The van der Waals surface area contributed by atoms with Crippen LogP contribution >= 0.6 is 12.8 Å². The predicted octanol–water partition coefficient (Wildman–Crippen LogP) is 4.06. The normalized spacial score (nSPS) is 9.78. The lowest BCUT2D eigenvalue weighted by Gasteiger charge is -2.12. The number of hydrogen-bond acceptors (Lipinski definition) is 5. The number of thiol groups is 1. The second-order valence-corrected chi connectivity index (χ2v) is 5.01. The number of hydrogen-bond donors (Lipinski definition) is 1. The molecule has 0 aliphatic carbocycles. The van der Waals surface area contributed by atoms with Crippen LogP contribution in [0.15, 0.2) is 30.5 Å². The minimum Gasteiger partial charge on any atom is -0.472 e. The zero-order chi connectivity index (χ0) is 17.2. The molecule has 2 rings (SSSR count). The summed E-state index contributed by atoms with van der Waals surface area (Å²) in [5, 5.41) is 4.02. The van der Waals surface area contributed by atoms with Crippen LogP contribution in [0.5, 0.6) is 5.88 Å². The molecule has 0 N–H and O–H groups in total. The lowest BCUT2D eigenvalue weighted by Crippen LogP contribution is -2.12. The molecule has 0 saturated heterocycles. The van der Waals surface area contributed by atoms with Crippen molar-refractivity contribution in [1.82, 2.24) is 9.19 Å². The Morgan fingerprint density at radius 1 is 1.30 bits per heavy atom. The van der Waals surface area contributed by atoms with Gasteiger partial charge in [0.05, 0.1) is 12.2 Å². The number of ether oxygens (including phenoxy) is 2. The van der Waals surface area contributed by atoms with Gasteiger partial charge in [0.25, 0.3) is 0 Å². The molecule has 2 aromatic rings. The number of carbonyl (C=O) groups is 1. The average molecular weight is 336 g/mol. The summed E-state index contributed by atoms with van der Waals surface area (Å²) in [6.07, 6.45) is 2.47. The zero-order valence-corrected chi connectivity index (χ0v) is 15.0. The maximum absolute atomic E-state index is 12.1. The average Bonchev–Trinajstić information content (AvgIpc) is 2.98. The minimum atomic E-state index is -0.320. The van der Waals surface area contributed by atoms with Crippen LogP contribution < -0.4 is 4.74 Å². The monoisotopic (exact) mass is 336 g/mol. The van der Waals surface area contributed by atoms with E-state index in [-0.39, 0.29) is 12.6 Å². The molecule has 0 aliphatic heterocycles. The fraction of sp³-hybridized carbons (Fsp3) is 0.412. The number of esters is 1. The van der Waals surface area contributed by atoms with Gasteiger partial charge in [-0.3, -0.25) is 0 Å². The van der Waals surface area contributed by atoms with Crippen LogP contribution in [-0.4, -0.2) is 21.8 Å². The summed E-state index contributed by atoms with van der Waals surface area (Å²) in [5.41, 5.74) is 2.33. The minimum absolute atomic E-state index is 0.258. The Bertz CT molecular complexity index is 626. The standard InChI is InChI=1S/C15H18N2O3S.C2H6/c1-3-9-19-15(18)12-6-4-5-11(2)13(12)10-20-14-7-8-17(21)16-14;1-2/h4-8,21H,3,9-10H2,1-2H3;1-2H3. The van der Waals surface area contributed by atoms with Gasteiger partial charge in [-0.15, -0.1) is 5.10 Å². The first kappa shape index (κ1) is 19.1. The van der Waals surface area contributed by atoms with Crippen LogP contribution in [0.2, 0.25) is 0 Å². The van der Waals surface area contributed by atoms with E-state index < -0.39 is 0 Å². The van der Waals surface area contributed by atoms with E-state index in [0.717, 1.165) is 17.5 Å². The van der Waals surface area contributed by atoms with Gasteiger partial charge in [0.1, 0.15) is 6.61 Å². The summed E-state index contributed by atoms with van der Waals surface area (Å²) in [7, 11) is 0. The third kappa shape index (κ3) is 5.63. The highest BCUT2D eigenvalue weighted by atomic mass is 32.1. The van der Waals surface area contributed by atoms with Gasteiger partial charge < -0.3 is 9.47 Å². The Kier molecular flexibility index (Phi) is 8.26. The van der Waals surface area contributed by atoms with E-state index in [1.54, 1.807) is 18.3 Å².